The molecule has 0 saturated heterocycles. The van der Waals surface area contributed by atoms with Crippen molar-refractivity contribution in [3.63, 3.8) is 0 Å². The first-order chi connectivity index (χ1) is 7.70. The monoisotopic (exact) mass is 267 g/mol. The average Bonchev–Trinajstić information content (AvgIpc) is 2.14. The van der Waals surface area contributed by atoms with E-state index in [0.717, 1.165) is 6.07 Å². The van der Waals surface area contributed by atoms with Gasteiger partial charge in [0.05, 0.1) is 4.92 Å². The molecule has 1 rings (SSSR count). The van der Waals surface area contributed by atoms with Gasteiger partial charge in [-0.15, -0.1) is 0 Å². The number of aromatic amines is 1. The number of alkyl halides is 3. The number of aromatic nitrogens is 1. The standard InChI is InChI=1S/C7HClF3N3O3/c8-5-4(14(16)17)3(7(9,10)11)2(1-12)6(15)13-5/h(H,13,15). The zero-order chi connectivity index (χ0) is 13.4. The average molecular weight is 268 g/mol. The molecule has 0 aliphatic heterocycles. The first kappa shape index (κ1) is 13.0. The van der Waals surface area contributed by atoms with E-state index in [1.54, 1.807) is 4.98 Å². The number of nitriles is 1. The largest absolute Gasteiger partial charge is 0.424 e. The number of H-pyrrole nitrogens is 1. The molecule has 90 valence electrons. The lowest BCUT2D eigenvalue weighted by atomic mass is 10.1. The number of nitrogens with zero attached hydrogens (tertiary/aromatic N) is 2. The quantitative estimate of drug-likeness (QED) is 0.476. The molecule has 1 heterocycles. The van der Waals surface area contributed by atoms with E-state index in [-0.39, 0.29) is 0 Å². The second kappa shape index (κ2) is 4.06. The number of pyridine rings is 1. The Balaban J connectivity index is 3.92. The van der Waals surface area contributed by atoms with Crippen molar-refractivity contribution in [2.75, 3.05) is 0 Å². The second-order valence-electron chi connectivity index (χ2n) is 2.73. The highest BCUT2D eigenvalue weighted by Crippen LogP contribution is 2.39. The minimum absolute atomic E-state index is 0.966. The van der Waals surface area contributed by atoms with E-state index in [9.17, 15) is 28.1 Å². The van der Waals surface area contributed by atoms with Gasteiger partial charge >= 0.3 is 11.9 Å². The second-order valence-corrected chi connectivity index (χ2v) is 3.11. The molecule has 0 fully saturated rings. The molecule has 0 bridgehead atoms. The summed E-state index contributed by atoms with van der Waals surface area (Å²) in [6.07, 6.45) is -5.23. The molecule has 0 amide bonds. The van der Waals surface area contributed by atoms with Gasteiger partial charge in [-0.05, 0) is 0 Å². The molecule has 0 atom stereocenters. The maximum absolute atomic E-state index is 12.5. The van der Waals surface area contributed by atoms with Crippen LogP contribution in [0.3, 0.4) is 0 Å². The maximum atomic E-state index is 12.5. The molecule has 10 heteroatoms. The summed E-state index contributed by atoms with van der Waals surface area (Å²) in [6.45, 7) is 0. The summed E-state index contributed by atoms with van der Waals surface area (Å²) in [5, 5.41) is 17.8. The number of nitrogens with one attached hydrogen (secondary N) is 1. The fourth-order valence-corrected chi connectivity index (χ4v) is 1.37. The summed E-state index contributed by atoms with van der Waals surface area (Å²) in [4.78, 5) is 21.7. The van der Waals surface area contributed by atoms with E-state index in [1.807, 2.05) is 0 Å². The van der Waals surface area contributed by atoms with Crippen molar-refractivity contribution in [1.29, 1.82) is 5.26 Å². The summed E-state index contributed by atoms with van der Waals surface area (Å²) in [5.74, 6) is 0. The third-order valence-corrected chi connectivity index (χ3v) is 2.00. The number of hydrogen-bond donors (Lipinski definition) is 1. The molecule has 17 heavy (non-hydrogen) atoms. The van der Waals surface area contributed by atoms with E-state index in [1.165, 1.54) is 0 Å². The Hall–Kier alpha value is -2.08. The Morgan fingerprint density at radius 1 is 1.47 bits per heavy atom. The summed E-state index contributed by atoms with van der Waals surface area (Å²) in [5.41, 5.74) is -6.32. The predicted molar refractivity (Wildman–Crippen MR) is 48.4 cm³/mol. The third kappa shape index (κ3) is 2.21. The van der Waals surface area contributed by atoms with Crippen LogP contribution in [0.5, 0.6) is 0 Å². The van der Waals surface area contributed by atoms with Gasteiger partial charge in [0.25, 0.3) is 5.56 Å². The zero-order valence-corrected chi connectivity index (χ0v) is 8.39. The Morgan fingerprint density at radius 3 is 2.35 bits per heavy atom. The van der Waals surface area contributed by atoms with Crippen molar-refractivity contribution in [2.24, 2.45) is 0 Å². The van der Waals surface area contributed by atoms with Gasteiger partial charge in [0.1, 0.15) is 11.6 Å². The van der Waals surface area contributed by atoms with E-state index >= 15 is 0 Å². The van der Waals surface area contributed by atoms with Crippen LogP contribution in [0.4, 0.5) is 18.9 Å². The van der Waals surface area contributed by atoms with Crippen LogP contribution in [-0.4, -0.2) is 9.91 Å². The van der Waals surface area contributed by atoms with E-state index < -0.39 is 38.6 Å². The smallest absolute Gasteiger partial charge is 0.306 e. The van der Waals surface area contributed by atoms with E-state index in [0.29, 0.717) is 0 Å². The molecular formula is C7HClF3N3O3. The van der Waals surface area contributed by atoms with E-state index in [4.69, 9.17) is 16.9 Å². The lowest BCUT2D eigenvalue weighted by molar-refractivity contribution is -0.388. The Labute approximate surface area is 95.4 Å². The van der Waals surface area contributed by atoms with Gasteiger partial charge in [0, 0.05) is 0 Å². The number of nitro groups is 1. The minimum atomic E-state index is -5.23. The van der Waals surface area contributed by atoms with Crippen molar-refractivity contribution >= 4 is 17.3 Å². The van der Waals surface area contributed by atoms with Crippen LogP contribution in [0, 0.1) is 21.4 Å². The van der Waals surface area contributed by atoms with Gasteiger partial charge in [0.15, 0.2) is 10.7 Å². The van der Waals surface area contributed by atoms with Crippen LogP contribution >= 0.6 is 11.6 Å². The summed E-state index contributed by atoms with van der Waals surface area (Å²) in [6, 6.07) is 0.966. The van der Waals surface area contributed by atoms with Crippen LogP contribution in [-0.2, 0) is 6.18 Å². The molecule has 0 saturated carbocycles. The van der Waals surface area contributed by atoms with Crippen LogP contribution in [0.1, 0.15) is 11.1 Å². The first-order valence-electron chi connectivity index (χ1n) is 3.77. The highest BCUT2D eigenvalue weighted by molar-refractivity contribution is 6.31. The normalized spacial score (nSPS) is 11.0. The van der Waals surface area contributed by atoms with Crippen molar-refractivity contribution < 1.29 is 18.1 Å². The van der Waals surface area contributed by atoms with Crippen molar-refractivity contribution in [2.45, 2.75) is 6.18 Å². The van der Waals surface area contributed by atoms with Crippen molar-refractivity contribution in [3.05, 3.63) is 36.7 Å². The molecule has 0 aliphatic carbocycles. The van der Waals surface area contributed by atoms with Gasteiger partial charge in [-0.1, -0.05) is 11.6 Å². The van der Waals surface area contributed by atoms with Crippen LogP contribution < -0.4 is 5.56 Å². The lowest BCUT2D eigenvalue weighted by Crippen LogP contribution is -2.21. The van der Waals surface area contributed by atoms with Crippen molar-refractivity contribution in [3.8, 4) is 6.07 Å². The minimum Gasteiger partial charge on any atom is -0.306 e. The Kier molecular flexibility index (Phi) is 3.10. The van der Waals surface area contributed by atoms with Crippen molar-refractivity contribution in [1.82, 2.24) is 4.98 Å². The Bertz CT molecular complexity index is 587. The highest BCUT2D eigenvalue weighted by atomic mass is 35.5. The molecule has 1 aromatic heterocycles. The fraction of sp³-hybridized carbons (Fsp3) is 0.143. The maximum Gasteiger partial charge on any atom is 0.424 e. The molecule has 1 N–H and O–H groups in total. The van der Waals surface area contributed by atoms with Crippen LogP contribution in [0.25, 0.3) is 0 Å². The zero-order valence-electron chi connectivity index (χ0n) is 7.63. The summed E-state index contributed by atoms with van der Waals surface area (Å²) in [7, 11) is 0. The van der Waals surface area contributed by atoms with Gasteiger partial charge in [-0.25, -0.2) is 0 Å². The SMILES string of the molecule is N#Cc1c(C(F)(F)F)c([N+](=O)[O-])c(Cl)[nH]c1=O. The van der Waals surface area contributed by atoms with Crippen LogP contribution in [0.15, 0.2) is 4.79 Å². The first-order valence-corrected chi connectivity index (χ1v) is 4.15. The van der Waals surface area contributed by atoms with Gasteiger partial charge in [0.2, 0.25) is 0 Å². The molecule has 0 aliphatic rings. The lowest BCUT2D eigenvalue weighted by Gasteiger charge is -2.09. The summed E-state index contributed by atoms with van der Waals surface area (Å²) < 4.78 is 37.6. The molecule has 0 aromatic carbocycles. The van der Waals surface area contributed by atoms with Gasteiger partial charge in [-0.3, -0.25) is 14.9 Å². The molecular weight excluding hydrogens is 267 g/mol. The number of rotatable bonds is 1. The fourth-order valence-electron chi connectivity index (χ4n) is 1.12. The third-order valence-electron chi connectivity index (χ3n) is 1.72. The summed E-state index contributed by atoms with van der Waals surface area (Å²) >= 11 is 5.16. The molecule has 6 nitrogen and oxygen atoms in total. The Morgan fingerprint density at radius 2 is 2.00 bits per heavy atom. The van der Waals surface area contributed by atoms with E-state index in [2.05, 4.69) is 0 Å². The highest BCUT2D eigenvalue weighted by Gasteiger charge is 2.44. The molecule has 0 radical (unpaired) electrons. The van der Waals surface area contributed by atoms with Gasteiger partial charge < -0.3 is 4.98 Å². The molecule has 0 unspecified atom stereocenters. The molecule has 0 spiro atoms. The number of hydrogen-bond acceptors (Lipinski definition) is 4. The number of halogens is 4. The van der Waals surface area contributed by atoms with Gasteiger partial charge in [-0.2, -0.15) is 18.4 Å². The van der Waals surface area contributed by atoms with Crippen LogP contribution in [0.2, 0.25) is 5.15 Å². The topological polar surface area (TPSA) is 99.8 Å². The molecule has 1 aromatic rings. The predicted octanol–water partition coefficient (Wildman–Crippen LogP) is 1.83.